The first kappa shape index (κ1) is 14.6. The zero-order chi connectivity index (χ0) is 13.3. The van der Waals surface area contributed by atoms with Crippen molar-refractivity contribution in [2.75, 3.05) is 14.1 Å². The van der Waals surface area contributed by atoms with Gasteiger partial charge in [0.1, 0.15) is 5.75 Å². The Morgan fingerprint density at radius 2 is 1.71 bits per heavy atom. The highest BCUT2D eigenvalue weighted by Crippen LogP contribution is 2.38. The number of rotatable bonds is 4. The Hall–Kier alpha value is -0.500. The van der Waals surface area contributed by atoms with Crippen LogP contribution in [0.5, 0.6) is 5.75 Å². The van der Waals surface area contributed by atoms with Gasteiger partial charge in [0, 0.05) is 25.9 Å². The van der Waals surface area contributed by atoms with Crippen LogP contribution in [0.3, 0.4) is 0 Å². The van der Waals surface area contributed by atoms with E-state index in [-0.39, 0.29) is 10.6 Å². The van der Waals surface area contributed by atoms with Gasteiger partial charge in [-0.3, -0.25) is 0 Å². The molecular weight excluding hydrogens is 285 g/mol. The van der Waals surface area contributed by atoms with E-state index in [2.05, 4.69) is 16.3 Å². The smallest absolute Gasteiger partial charge is 0.375 e. The monoisotopic (exact) mass is 297 g/mol. The zero-order valence-corrected chi connectivity index (χ0v) is 11.7. The molecule has 0 radical (unpaired) electrons. The molecule has 0 saturated carbocycles. The molecule has 0 aliphatic carbocycles. The van der Waals surface area contributed by atoms with E-state index in [9.17, 15) is 8.42 Å². The van der Waals surface area contributed by atoms with E-state index in [0.29, 0.717) is 0 Å². The van der Waals surface area contributed by atoms with Crippen LogP contribution in [-0.2, 0) is 21.8 Å². The fourth-order valence-electron chi connectivity index (χ4n) is 1.02. The molecule has 0 saturated heterocycles. The summed E-state index contributed by atoms with van der Waals surface area (Å²) in [6.45, 7) is -3.79. The van der Waals surface area contributed by atoms with Crippen LogP contribution in [0.4, 0.5) is 0 Å². The highest BCUT2D eigenvalue weighted by Gasteiger charge is 2.17. The minimum absolute atomic E-state index is 0.0824. The molecule has 0 heterocycles. The van der Waals surface area contributed by atoms with E-state index < -0.39 is 16.7 Å². The van der Waals surface area contributed by atoms with Crippen LogP contribution in [-0.4, -0.2) is 36.6 Å². The van der Waals surface area contributed by atoms with E-state index >= 15 is 0 Å². The van der Waals surface area contributed by atoms with E-state index in [4.69, 9.17) is 9.79 Å². The third kappa shape index (κ3) is 4.02. The summed E-state index contributed by atoms with van der Waals surface area (Å²) in [5.74, 6) is 0.107. The third-order valence-electron chi connectivity index (χ3n) is 1.83. The summed E-state index contributed by atoms with van der Waals surface area (Å²) in [5.41, 5.74) is 0. The van der Waals surface area contributed by atoms with Gasteiger partial charge in [0.15, 0.2) is 0 Å². The molecular formula is C8H12NO5PS2. The van der Waals surface area contributed by atoms with Gasteiger partial charge in [0.05, 0.1) is 4.90 Å². The Morgan fingerprint density at radius 1 is 1.24 bits per heavy atom. The van der Waals surface area contributed by atoms with Crippen LogP contribution in [0, 0.1) is 0 Å². The summed E-state index contributed by atoms with van der Waals surface area (Å²) in [6.07, 6.45) is 0. The van der Waals surface area contributed by atoms with Gasteiger partial charge in [-0.1, -0.05) is 0 Å². The fourth-order valence-corrected chi connectivity index (χ4v) is 2.58. The Balaban J connectivity index is 3.01. The second kappa shape index (κ2) is 5.01. The largest absolute Gasteiger partial charge is 0.424 e. The molecule has 17 heavy (non-hydrogen) atoms. The van der Waals surface area contributed by atoms with Crippen LogP contribution in [0.15, 0.2) is 29.2 Å². The van der Waals surface area contributed by atoms with Crippen molar-refractivity contribution < 1.29 is 22.7 Å². The van der Waals surface area contributed by atoms with Crippen molar-refractivity contribution >= 4 is 28.5 Å². The molecule has 1 aromatic rings. The highest BCUT2D eigenvalue weighted by molar-refractivity contribution is 8.06. The summed E-state index contributed by atoms with van der Waals surface area (Å²) in [7, 11) is -0.666. The number of hydrogen-bond donors (Lipinski definition) is 2. The topological polar surface area (TPSA) is 87.1 Å². The van der Waals surface area contributed by atoms with Crippen molar-refractivity contribution in [1.82, 2.24) is 4.31 Å². The minimum Gasteiger partial charge on any atom is -0.424 e. The molecule has 6 nitrogen and oxygen atoms in total. The second-order valence-electron chi connectivity index (χ2n) is 3.34. The standard InChI is InChI=1S/C8H12NO5PS2/c1-9(2)17(12,13)8-5-3-7(4-6-8)14-15(10,11)16/h3-6H,1-2H3,(H2,10,11,16). The van der Waals surface area contributed by atoms with Crippen LogP contribution >= 0.6 is 6.72 Å². The lowest BCUT2D eigenvalue weighted by molar-refractivity contribution is 0.370. The molecule has 0 fully saturated rings. The normalized spacial score (nSPS) is 12.8. The molecule has 0 aromatic heterocycles. The van der Waals surface area contributed by atoms with Crippen molar-refractivity contribution in [2.45, 2.75) is 4.90 Å². The van der Waals surface area contributed by atoms with Gasteiger partial charge in [0.2, 0.25) is 10.0 Å². The predicted molar refractivity (Wildman–Crippen MR) is 66.7 cm³/mol. The Labute approximate surface area is 105 Å². The van der Waals surface area contributed by atoms with Gasteiger partial charge < -0.3 is 14.3 Å². The van der Waals surface area contributed by atoms with Crippen molar-refractivity contribution in [3.05, 3.63) is 24.3 Å². The maximum atomic E-state index is 11.7. The van der Waals surface area contributed by atoms with Gasteiger partial charge >= 0.3 is 6.72 Å². The van der Waals surface area contributed by atoms with E-state index in [1.807, 2.05) is 0 Å². The first-order valence-corrected chi connectivity index (χ1v) is 8.47. The van der Waals surface area contributed by atoms with Crippen LogP contribution in [0.1, 0.15) is 0 Å². The third-order valence-corrected chi connectivity index (χ3v) is 4.33. The summed E-state index contributed by atoms with van der Waals surface area (Å²) in [5, 5.41) is 0. The fraction of sp³-hybridized carbons (Fsp3) is 0.250. The summed E-state index contributed by atoms with van der Waals surface area (Å²) >= 11 is 4.29. The lowest BCUT2D eigenvalue weighted by atomic mass is 10.3. The van der Waals surface area contributed by atoms with Crippen molar-refractivity contribution in [3.63, 3.8) is 0 Å². The molecule has 0 aliphatic rings. The molecule has 0 atom stereocenters. The maximum absolute atomic E-state index is 11.7. The molecule has 96 valence electrons. The number of hydrogen-bond acceptors (Lipinski definition) is 4. The molecule has 0 spiro atoms. The Bertz CT molecular complexity index is 534. The summed E-state index contributed by atoms with van der Waals surface area (Å²) in [4.78, 5) is 17.9. The lowest BCUT2D eigenvalue weighted by Gasteiger charge is -2.13. The molecule has 1 aromatic carbocycles. The van der Waals surface area contributed by atoms with E-state index in [1.54, 1.807) is 0 Å². The Morgan fingerprint density at radius 3 is 2.06 bits per heavy atom. The minimum atomic E-state index is -3.79. The highest BCUT2D eigenvalue weighted by atomic mass is 32.5. The summed E-state index contributed by atoms with van der Waals surface area (Å²) < 4.78 is 29.1. The summed E-state index contributed by atoms with van der Waals surface area (Å²) in [6, 6.07) is 5.22. The van der Waals surface area contributed by atoms with Crippen LogP contribution in [0.2, 0.25) is 0 Å². The number of benzene rings is 1. The van der Waals surface area contributed by atoms with E-state index in [1.165, 1.54) is 38.4 Å². The van der Waals surface area contributed by atoms with Crippen LogP contribution < -0.4 is 4.52 Å². The molecule has 1 rings (SSSR count). The van der Waals surface area contributed by atoms with Crippen LogP contribution in [0.25, 0.3) is 0 Å². The zero-order valence-electron chi connectivity index (χ0n) is 9.14. The van der Waals surface area contributed by atoms with Gasteiger partial charge in [-0.15, -0.1) is 0 Å². The molecule has 0 unspecified atom stereocenters. The lowest BCUT2D eigenvalue weighted by Crippen LogP contribution is -2.22. The molecule has 2 N–H and O–H groups in total. The predicted octanol–water partition coefficient (Wildman–Crippen LogP) is 0.525. The van der Waals surface area contributed by atoms with Gasteiger partial charge in [-0.05, 0) is 24.3 Å². The van der Waals surface area contributed by atoms with Crippen molar-refractivity contribution in [1.29, 1.82) is 0 Å². The molecule has 0 amide bonds. The molecule has 9 heteroatoms. The maximum Gasteiger partial charge on any atom is 0.375 e. The van der Waals surface area contributed by atoms with Gasteiger partial charge in [-0.2, -0.15) is 0 Å². The average molecular weight is 297 g/mol. The number of nitrogens with zero attached hydrogens (tertiary/aromatic N) is 1. The molecule has 0 aliphatic heterocycles. The first-order valence-electron chi connectivity index (χ1n) is 4.41. The number of sulfonamides is 1. The van der Waals surface area contributed by atoms with Gasteiger partial charge in [-0.25, -0.2) is 12.7 Å². The first-order chi connectivity index (χ1) is 7.63. The van der Waals surface area contributed by atoms with E-state index in [0.717, 1.165) is 4.31 Å². The van der Waals surface area contributed by atoms with Crippen molar-refractivity contribution in [2.24, 2.45) is 0 Å². The average Bonchev–Trinajstić information content (AvgIpc) is 2.15. The SMILES string of the molecule is CN(C)S(=O)(=O)c1ccc(OP(O)(O)=S)cc1. The van der Waals surface area contributed by atoms with Gasteiger partial charge in [0.25, 0.3) is 0 Å². The second-order valence-corrected chi connectivity index (χ2v) is 8.08. The van der Waals surface area contributed by atoms with Crippen molar-refractivity contribution in [3.8, 4) is 5.75 Å². The Kier molecular flexibility index (Phi) is 4.29. The quantitative estimate of drug-likeness (QED) is 0.788. The molecule has 0 bridgehead atoms.